The van der Waals surface area contributed by atoms with Gasteiger partial charge in [-0.1, -0.05) is 29.8 Å². The number of nitrogens with zero attached hydrogens (tertiary/aromatic N) is 1. The Labute approximate surface area is 146 Å². The molecule has 1 fully saturated rings. The van der Waals surface area contributed by atoms with Crippen LogP contribution in [0.5, 0.6) is 0 Å². The zero-order valence-corrected chi connectivity index (χ0v) is 14.0. The summed E-state index contributed by atoms with van der Waals surface area (Å²) in [5, 5.41) is 3.84. The molecule has 1 aromatic carbocycles. The van der Waals surface area contributed by atoms with Crippen molar-refractivity contribution in [2.75, 3.05) is 13.2 Å². The number of carbonyl (C=O) groups is 1. The lowest BCUT2D eigenvalue weighted by Gasteiger charge is -2.38. The number of hydrogen-bond donors (Lipinski definition) is 1. The van der Waals surface area contributed by atoms with Crippen molar-refractivity contribution in [2.24, 2.45) is 0 Å². The molecule has 0 radical (unpaired) electrons. The monoisotopic (exact) mass is 342 g/mol. The van der Waals surface area contributed by atoms with Crippen molar-refractivity contribution >= 4 is 23.6 Å². The Balaban J connectivity index is 1.78. The molecule has 1 aliphatic rings. The molecule has 124 valence electrons. The largest absolute Gasteiger partial charge is 0.381 e. The SMILES string of the molecule is O=C(/C=C/c1ccccn1)NC1(c2ccc(Cl)cc2)CCOCC1. The third-order valence-electron chi connectivity index (χ3n) is 4.20. The second kappa shape index (κ2) is 7.60. The van der Waals surface area contributed by atoms with Crippen molar-refractivity contribution < 1.29 is 9.53 Å². The Hall–Kier alpha value is -2.17. The minimum atomic E-state index is -0.422. The van der Waals surface area contributed by atoms with E-state index in [1.54, 1.807) is 12.3 Å². The van der Waals surface area contributed by atoms with Gasteiger partial charge in [0.25, 0.3) is 0 Å². The van der Waals surface area contributed by atoms with Crippen LogP contribution in [0.25, 0.3) is 6.08 Å². The maximum Gasteiger partial charge on any atom is 0.244 e. The van der Waals surface area contributed by atoms with Gasteiger partial charge in [-0.2, -0.15) is 0 Å². The fourth-order valence-corrected chi connectivity index (χ4v) is 3.01. The number of ether oxygens (including phenoxy) is 1. The zero-order chi connectivity index (χ0) is 16.8. The fraction of sp³-hybridized carbons (Fsp3) is 0.263. The zero-order valence-electron chi connectivity index (χ0n) is 13.2. The van der Waals surface area contributed by atoms with E-state index in [-0.39, 0.29) is 5.91 Å². The molecule has 1 aliphatic heterocycles. The molecule has 1 amide bonds. The Morgan fingerprint density at radius 2 is 1.92 bits per heavy atom. The highest BCUT2D eigenvalue weighted by Crippen LogP contribution is 2.32. The highest BCUT2D eigenvalue weighted by atomic mass is 35.5. The van der Waals surface area contributed by atoms with Gasteiger partial charge < -0.3 is 10.1 Å². The maximum absolute atomic E-state index is 12.4. The van der Waals surface area contributed by atoms with Crippen LogP contribution in [-0.4, -0.2) is 24.1 Å². The summed E-state index contributed by atoms with van der Waals surface area (Å²) in [6.07, 6.45) is 6.40. The van der Waals surface area contributed by atoms with Gasteiger partial charge in [0.05, 0.1) is 11.2 Å². The minimum absolute atomic E-state index is 0.141. The molecule has 0 saturated carbocycles. The van der Waals surface area contributed by atoms with Gasteiger partial charge >= 0.3 is 0 Å². The lowest BCUT2D eigenvalue weighted by atomic mass is 9.82. The Morgan fingerprint density at radius 1 is 1.17 bits per heavy atom. The van der Waals surface area contributed by atoms with Crippen molar-refractivity contribution in [3.8, 4) is 0 Å². The van der Waals surface area contributed by atoms with Crippen molar-refractivity contribution in [1.29, 1.82) is 0 Å². The van der Waals surface area contributed by atoms with Gasteiger partial charge in [0.2, 0.25) is 5.91 Å². The molecule has 4 nitrogen and oxygen atoms in total. The van der Waals surface area contributed by atoms with Gasteiger partial charge in [-0.05, 0) is 48.7 Å². The molecule has 1 saturated heterocycles. The van der Waals surface area contributed by atoms with Crippen LogP contribution in [0.3, 0.4) is 0 Å². The average Bonchev–Trinajstić information content (AvgIpc) is 2.62. The molecule has 2 heterocycles. The number of nitrogens with one attached hydrogen (secondary N) is 1. The summed E-state index contributed by atoms with van der Waals surface area (Å²) >= 11 is 5.99. The number of halogens is 1. The molecule has 24 heavy (non-hydrogen) atoms. The summed E-state index contributed by atoms with van der Waals surface area (Å²) in [7, 11) is 0. The van der Waals surface area contributed by atoms with Crippen LogP contribution in [-0.2, 0) is 15.1 Å². The summed E-state index contributed by atoms with van der Waals surface area (Å²) in [5.74, 6) is -0.141. The highest BCUT2D eigenvalue weighted by Gasteiger charge is 2.35. The van der Waals surface area contributed by atoms with E-state index < -0.39 is 5.54 Å². The summed E-state index contributed by atoms with van der Waals surface area (Å²) < 4.78 is 5.48. The Morgan fingerprint density at radius 3 is 2.58 bits per heavy atom. The van der Waals surface area contributed by atoms with E-state index in [1.165, 1.54) is 6.08 Å². The molecule has 0 spiro atoms. The number of amides is 1. The van der Waals surface area contributed by atoms with E-state index in [9.17, 15) is 4.79 Å². The molecule has 1 aromatic heterocycles. The third kappa shape index (κ3) is 4.02. The van der Waals surface area contributed by atoms with Crippen LogP contribution in [0.1, 0.15) is 24.1 Å². The van der Waals surface area contributed by atoms with E-state index in [1.807, 2.05) is 42.5 Å². The number of pyridine rings is 1. The van der Waals surface area contributed by atoms with E-state index >= 15 is 0 Å². The van der Waals surface area contributed by atoms with Crippen molar-refractivity contribution in [1.82, 2.24) is 10.3 Å². The van der Waals surface area contributed by atoms with Crippen LogP contribution in [0.15, 0.2) is 54.7 Å². The number of rotatable bonds is 4. The van der Waals surface area contributed by atoms with Crippen LogP contribution < -0.4 is 5.32 Å². The number of benzene rings is 1. The average molecular weight is 343 g/mol. The number of carbonyl (C=O) groups excluding carboxylic acids is 1. The predicted octanol–water partition coefficient (Wildman–Crippen LogP) is 3.57. The molecule has 2 aromatic rings. The molecular formula is C19H19ClN2O2. The first-order chi connectivity index (χ1) is 11.7. The van der Waals surface area contributed by atoms with Gasteiger partial charge in [0, 0.05) is 30.5 Å². The van der Waals surface area contributed by atoms with Crippen LogP contribution in [0, 0.1) is 0 Å². The summed E-state index contributed by atoms with van der Waals surface area (Å²) in [5.41, 5.74) is 1.38. The second-order valence-electron chi connectivity index (χ2n) is 5.78. The van der Waals surface area contributed by atoms with Gasteiger partial charge in [0.15, 0.2) is 0 Å². The van der Waals surface area contributed by atoms with E-state index in [0.717, 1.165) is 24.1 Å². The molecule has 0 aliphatic carbocycles. The topological polar surface area (TPSA) is 51.2 Å². The summed E-state index contributed by atoms with van der Waals surface area (Å²) in [6.45, 7) is 1.24. The fourth-order valence-electron chi connectivity index (χ4n) is 2.89. The van der Waals surface area contributed by atoms with Crippen LogP contribution >= 0.6 is 11.6 Å². The van der Waals surface area contributed by atoms with E-state index in [4.69, 9.17) is 16.3 Å². The first kappa shape index (κ1) is 16.7. The molecule has 0 atom stereocenters. The van der Waals surface area contributed by atoms with Gasteiger partial charge in [-0.3, -0.25) is 9.78 Å². The molecule has 3 rings (SSSR count). The normalized spacial score (nSPS) is 16.9. The van der Waals surface area contributed by atoms with Crippen LogP contribution in [0.4, 0.5) is 0 Å². The third-order valence-corrected chi connectivity index (χ3v) is 4.45. The highest BCUT2D eigenvalue weighted by molar-refractivity contribution is 6.30. The predicted molar refractivity (Wildman–Crippen MR) is 94.6 cm³/mol. The van der Waals surface area contributed by atoms with Crippen molar-refractivity contribution in [2.45, 2.75) is 18.4 Å². The Kier molecular flexibility index (Phi) is 5.28. The molecular weight excluding hydrogens is 324 g/mol. The van der Waals surface area contributed by atoms with Crippen LogP contribution in [0.2, 0.25) is 5.02 Å². The van der Waals surface area contributed by atoms with Gasteiger partial charge in [0.1, 0.15) is 0 Å². The smallest absolute Gasteiger partial charge is 0.244 e. The first-order valence-corrected chi connectivity index (χ1v) is 8.31. The quantitative estimate of drug-likeness (QED) is 0.864. The molecule has 1 N–H and O–H groups in total. The maximum atomic E-state index is 12.4. The van der Waals surface area contributed by atoms with Gasteiger partial charge in [-0.25, -0.2) is 0 Å². The van der Waals surface area contributed by atoms with Crippen molar-refractivity contribution in [3.63, 3.8) is 0 Å². The molecule has 0 bridgehead atoms. The first-order valence-electron chi connectivity index (χ1n) is 7.93. The second-order valence-corrected chi connectivity index (χ2v) is 6.21. The van der Waals surface area contributed by atoms with Crippen molar-refractivity contribution in [3.05, 3.63) is 71.0 Å². The lowest BCUT2D eigenvalue weighted by molar-refractivity contribution is -0.119. The standard InChI is InChI=1S/C19H19ClN2O2/c20-16-6-4-15(5-7-16)19(10-13-24-14-11-19)22-18(23)9-8-17-3-1-2-12-21-17/h1-9,12H,10-11,13-14H2,(H,22,23)/b9-8+. The lowest BCUT2D eigenvalue weighted by Crippen LogP contribution is -2.49. The Bertz CT molecular complexity index is 708. The van der Waals surface area contributed by atoms with E-state index in [0.29, 0.717) is 18.2 Å². The van der Waals surface area contributed by atoms with Gasteiger partial charge in [-0.15, -0.1) is 0 Å². The molecule has 5 heteroatoms. The molecule has 0 unspecified atom stereocenters. The number of hydrogen-bond acceptors (Lipinski definition) is 3. The summed E-state index contributed by atoms with van der Waals surface area (Å²) in [4.78, 5) is 16.6. The summed E-state index contributed by atoms with van der Waals surface area (Å²) in [6, 6.07) is 13.2. The number of aromatic nitrogens is 1. The minimum Gasteiger partial charge on any atom is -0.381 e. The van der Waals surface area contributed by atoms with E-state index in [2.05, 4.69) is 10.3 Å².